The second-order valence-electron chi connectivity index (χ2n) is 6.04. The maximum Gasteiger partial charge on any atom is 0.251 e. The van der Waals surface area contributed by atoms with Gasteiger partial charge in [-0.05, 0) is 50.6 Å². The fourth-order valence-corrected chi connectivity index (χ4v) is 2.57. The van der Waals surface area contributed by atoms with Crippen molar-refractivity contribution in [2.24, 2.45) is 0 Å². The van der Waals surface area contributed by atoms with Crippen molar-refractivity contribution in [3.63, 3.8) is 0 Å². The average Bonchev–Trinajstić information content (AvgIpc) is 2.62. The molecule has 1 atom stereocenters. The molecule has 0 aliphatic carbocycles. The fourth-order valence-electron chi connectivity index (χ4n) is 2.57. The van der Waals surface area contributed by atoms with Crippen molar-refractivity contribution < 1.29 is 14.3 Å². The zero-order chi connectivity index (χ0) is 18.9. The molecule has 0 spiro atoms. The number of nitrogens with zero attached hydrogens (tertiary/aromatic N) is 1. The van der Waals surface area contributed by atoms with Crippen LogP contribution >= 0.6 is 0 Å². The van der Waals surface area contributed by atoms with E-state index >= 15 is 0 Å². The van der Waals surface area contributed by atoms with E-state index in [1.54, 1.807) is 30.5 Å². The molecule has 1 amide bonds. The molecule has 1 heterocycles. The zero-order valence-electron chi connectivity index (χ0n) is 15.6. The molecule has 1 aromatic heterocycles. The van der Waals surface area contributed by atoms with Crippen molar-refractivity contribution in [2.75, 3.05) is 13.2 Å². The van der Waals surface area contributed by atoms with E-state index in [1.807, 2.05) is 32.9 Å². The number of carbonyl (C=O) groups excluding carboxylic acids is 1. The van der Waals surface area contributed by atoms with E-state index in [2.05, 4.69) is 16.9 Å². The summed E-state index contributed by atoms with van der Waals surface area (Å²) in [6.45, 7) is 10.4. The monoisotopic (exact) mass is 354 g/mol. The summed E-state index contributed by atoms with van der Waals surface area (Å²) in [4.78, 5) is 16.9. The van der Waals surface area contributed by atoms with Gasteiger partial charge in [0.15, 0.2) is 11.5 Å². The topological polar surface area (TPSA) is 60.5 Å². The van der Waals surface area contributed by atoms with Gasteiger partial charge in [-0.15, -0.1) is 0 Å². The molecule has 0 unspecified atom stereocenters. The molecule has 1 aromatic carbocycles. The molecule has 5 nitrogen and oxygen atoms in total. The summed E-state index contributed by atoms with van der Waals surface area (Å²) in [6.07, 6.45) is 4.11. The lowest BCUT2D eigenvalue weighted by molar-refractivity contribution is 0.0939. The van der Waals surface area contributed by atoms with E-state index in [0.717, 1.165) is 11.3 Å². The van der Waals surface area contributed by atoms with Crippen molar-refractivity contribution in [1.82, 2.24) is 10.3 Å². The highest BCUT2D eigenvalue weighted by atomic mass is 16.5. The van der Waals surface area contributed by atoms with Gasteiger partial charge in [0, 0.05) is 29.9 Å². The van der Waals surface area contributed by atoms with Crippen LogP contribution < -0.4 is 14.8 Å². The Morgan fingerprint density at radius 2 is 2.12 bits per heavy atom. The SMILES string of the molecule is C=CCOc1ccc(C(=O)N[C@H](C)Cc2ncccc2C)cc1OCC. The maximum absolute atomic E-state index is 12.6. The molecule has 0 radical (unpaired) electrons. The van der Waals surface area contributed by atoms with Gasteiger partial charge in [0.1, 0.15) is 6.61 Å². The van der Waals surface area contributed by atoms with Gasteiger partial charge in [0.2, 0.25) is 0 Å². The Balaban J connectivity index is 2.07. The molecule has 0 bridgehead atoms. The van der Waals surface area contributed by atoms with Crippen LogP contribution in [-0.4, -0.2) is 30.1 Å². The Bertz CT molecular complexity index is 759. The Morgan fingerprint density at radius 3 is 2.81 bits per heavy atom. The van der Waals surface area contributed by atoms with Crippen molar-refractivity contribution in [3.05, 3.63) is 66.0 Å². The highest BCUT2D eigenvalue weighted by molar-refractivity contribution is 5.95. The Kier molecular flexibility index (Phi) is 7.21. The molecular formula is C21H26N2O3. The molecule has 2 rings (SSSR count). The number of benzene rings is 1. The summed E-state index contributed by atoms with van der Waals surface area (Å²) >= 11 is 0. The molecular weight excluding hydrogens is 328 g/mol. The number of amides is 1. The van der Waals surface area contributed by atoms with Crippen molar-refractivity contribution in [2.45, 2.75) is 33.2 Å². The lowest BCUT2D eigenvalue weighted by Crippen LogP contribution is -2.34. The van der Waals surface area contributed by atoms with Gasteiger partial charge < -0.3 is 14.8 Å². The van der Waals surface area contributed by atoms with Crippen LogP contribution in [0.4, 0.5) is 0 Å². The summed E-state index contributed by atoms with van der Waals surface area (Å²) in [5, 5.41) is 3.01. The van der Waals surface area contributed by atoms with Gasteiger partial charge in [0.25, 0.3) is 5.91 Å². The standard InChI is InChI=1S/C21H26N2O3/c1-5-12-26-19-10-9-17(14-20(19)25-6-2)21(24)23-16(4)13-18-15(3)8-7-11-22-18/h5,7-11,14,16H,1,6,12-13H2,2-4H3,(H,23,24)/t16-/m1/s1. The third-order valence-electron chi connectivity index (χ3n) is 3.86. The van der Waals surface area contributed by atoms with E-state index in [0.29, 0.717) is 36.7 Å². The number of rotatable bonds is 9. The minimum atomic E-state index is -0.151. The predicted octanol–water partition coefficient (Wildman–Crippen LogP) is 3.71. The smallest absolute Gasteiger partial charge is 0.251 e. The summed E-state index contributed by atoms with van der Waals surface area (Å²) < 4.78 is 11.2. The van der Waals surface area contributed by atoms with Gasteiger partial charge in [0.05, 0.1) is 6.61 Å². The maximum atomic E-state index is 12.6. The number of aromatic nitrogens is 1. The van der Waals surface area contributed by atoms with Gasteiger partial charge in [-0.25, -0.2) is 0 Å². The molecule has 0 saturated carbocycles. The van der Waals surface area contributed by atoms with E-state index in [9.17, 15) is 4.79 Å². The number of aryl methyl sites for hydroxylation is 1. The van der Waals surface area contributed by atoms with Crippen LogP contribution in [0.25, 0.3) is 0 Å². The van der Waals surface area contributed by atoms with E-state index in [-0.39, 0.29) is 11.9 Å². The largest absolute Gasteiger partial charge is 0.490 e. The molecule has 0 saturated heterocycles. The molecule has 0 aliphatic rings. The number of ether oxygens (including phenoxy) is 2. The summed E-state index contributed by atoms with van der Waals surface area (Å²) in [5.41, 5.74) is 2.64. The first kappa shape index (κ1) is 19.5. The average molecular weight is 354 g/mol. The Hall–Kier alpha value is -2.82. The van der Waals surface area contributed by atoms with E-state index in [1.165, 1.54) is 0 Å². The van der Waals surface area contributed by atoms with Gasteiger partial charge in [-0.2, -0.15) is 0 Å². The van der Waals surface area contributed by atoms with Crippen molar-refractivity contribution in [1.29, 1.82) is 0 Å². The number of carbonyl (C=O) groups is 1. The zero-order valence-corrected chi connectivity index (χ0v) is 15.6. The lowest BCUT2D eigenvalue weighted by atomic mass is 10.1. The minimum Gasteiger partial charge on any atom is -0.490 e. The molecule has 5 heteroatoms. The fraction of sp³-hybridized carbons (Fsp3) is 0.333. The van der Waals surface area contributed by atoms with Gasteiger partial charge in [-0.1, -0.05) is 18.7 Å². The number of hydrogen-bond donors (Lipinski definition) is 1. The number of hydrogen-bond acceptors (Lipinski definition) is 4. The third kappa shape index (κ3) is 5.34. The second-order valence-corrected chi connectivity index (χ2v) is 6.04. The predicted molar refractivity (Wildman–Crippen MR) is 103 cm³/mol. The summed E-state index contributed by atoms with van der Waals surface area (Å²) in [6, 6.07) is 9.08. The third-order valence-corrected chi connectivity index (χ3v) is 3.86. The molecule has 2 aromatic rings. The second kappa shape index (κ2) is 9.61. The summed E-state index contributed by atoms with van der Waals surface area (Å²) in [5.74, 6) is 0.998. The van der Waals surface area contributed by atoms with E-state index < -0.39 is 0 Å². The van der Waals surface area contributed by atoms with Crippen molar-refractivity contribution >= 4 is 5.91 Å². The molecule has 138 valence electrons. The minimum absolute atomic E-state index is 0.0386. The molecule has 1 N–H and O–H groups in total. The van der Waals surface area contributed by atoms with Crippen LogP contribution in [0.1, 0.15) is 35.5 Å². The highest BCUT2D eigenvalue weighted by Crippen LogP contribution is 2.28. The molecule has 0 aliphatic heterocycles. The van der Waals surface area contributed by atoms with Gasteiger partial charge >= 0.3 is 0 Å². The van der Waals surface area contributed by atoms with Crippen LogP contribution in [0.2, 0.25) is 0 Å². The Morgan fingerprint density at radius 1 is 1.31 bits per heavy atom. The quantitative estimate of drug-likeness (QED) is 0.697. The molecule has 0 fully saturated rings. The highest BCUT2D eigenvalue weighted by Gasteiger charge is 2.15. The number of pyridine rings is 1. The summed E-state index contributed by atoms with van der Waals surface area (Å²) in [7, 11) is 0. The number of nitrogens with one attached hydrogen (secondary N) is 1. The first-order valence-corrected chi connectivity index (χ1v) is 8.77. The van der Waals surface area contributed by atoms with Crippen molar-refractivity contribution in [3.8, 4) is 11.5 Å². The van der Waals surface area contributed by atoms with E-state index in [4.69, 9.17) is 9.47 Å². The lowest BCUT2D eigenvalue weighted by Gasteiger charge is -2.16. The van der Waals surface area contributed by atoms with Crippen LogP contribution in [0.3, 0.4) is 0 Å². The van der Waals surface area contributed by atoms with Crippen LogP contribution in [0.5, 0.6) is 11.5 Å². The first-order chi connectivity index (χ1) is 12.5. The van der Waals surface area contributed by atoms with Crippen LogP contribution in [0.15, 0.2) is 49.2 Å². The van der Waals surface area contributed by atoms with Crippen LogP contribution in [0, 0.1) is 6.92 Å². The van der Waals surface area contributed by atoms with Gasteiger partial charge in [-0.3, -0.25) is 9.78 Å². The first-order valence-electron chi connectivity index (χ1n) is 8.77. The van der Waals surface area contributed by atoms with Crippen LogP contribution in [-0.2, 0) is 6.42 Å². The normalized spacial score (nSPS) is 11.5. The Labute approximate surface area is 155 Å². The molecule has 26 heavy (non-hydrogen) atoms.